The quantitative estimate of drug-likeness (QED) is 0.659. The molecule has 0 aromatic heterocycles. The van der Waals surface area contributed by atoms with Crippen LogP contribution >= 0.6 is 0 Å². The fraction of sp³-hybridized carbons (Fsp3) is 0.562. The molecule has 22 heavy (non-hydrogen) atoms. The Morgan fingerprint density at radius 1 is 1.18 bits per heavy atom. The number of fused-ring (bicyclic) bond motifs is 1. The third kappa shape index (κ3) is 4.04. The zero-order chi connectivity index (χ0) is 15.2. The van der Waals surface area contributed by atoms with E-state index in [4.69, 9.17) is 19.9 Å². The minimum Gasteiger partial charge on any atom is -0.490 e. The van der Waals surface area contributed by atoms with E-state index in [0.29, 0.717) is 31.6 Å². The van der Waals surface area contributed by atoms with Crippen molar-refractivity contribution >= 4 is 11.6 Å². The van der Waals surface area contributed by atoms with Crippen LogP contribution in [0.15, 0.2) is 23.2 Å². The highest BCUT2D eigenvalue weighted by Crippen LogP contribution is 2.32. The highest BCUT2D eigenvalue weighted by molar-refractivity contribution is 5.92. The topological polar surface area (TPSA) is 78.1 Å². The molecule has 1 aromatic carbocycles. The van der Waals surface area contributed by atoms with E-state index in [0.717, 1.165) is 49.7 Å². The normalized spacial score (nSPS) is 22.0. The van der Waals surface area contributed by atoms with Crippen LogP contribution in [0.2, 0.25) is 0 Å². The molecule has 1 aromatic rings. The number of nitrogens with one attached hydrogen (secondary N) is 1. The summed E-state index contributed by atoms with van der Waals surface area (Å²) in [4.78, 5) is 4.40. The van der Waals surface area contributed by atoms with E-state index in [1.807, 2.05) is 18.2 Å². The number of ether oxygens (including phenoxy) is 3. The first-order chi connectivity index (χ1) is 10.8. The lowest BCUT2D eigenvalue weighted by molar-refractivity contribution is 0.0582. The van der Waals surface area contributed by atoms with Gasteiger partial charge in [-0.25, -0.2) is 0 Å². The molecule has 2 heterocycles. The molecule has 2 aliphatic rings. The summed E-state index contributed by atoms with van der Waals surface area (Å²) in [6.45, 7) is 3.70. The zero-order valence-electron chi connectivity index (χ0n) is 12.7. The smallest absolute Gasteiger partial charge is 0.193 e. The second-order valence-corrected chi connectivity index (χ2v) is 5.65. The van der Waals surface area contributed by atoms with E-state index in [1.54, 1.807) is 0 Å². The highest BCUT2D eigenvalue weighted by Gasteiger charge is 2.14. The highest BCUT2D eigenvalue weighted by atomic mass is 16.5. The Morgan fingerprint density at radius 3 is 2.86 bits per heavy atom. The van der Waals surface area contributed by atoms with Gasteiger partial charge in [0.05, 0.1) is 19.8 Å². The molecule has 0 aliphatic carbocycles. The van der Waals surface area contributed by atoms with Gasteiger partial charge < -0.3 is 25.3 Å². The number of anilines is 1. The van der Waals surface area contributed by atoms with Crippen LogP contribution in [0, 0.1) is 5.92 Å². The van der Waals surface area contributed by atoms with E-state index in [1.165, 1.54) is 0 Å². The third-order valence-corrected chi connectivity index (χ3v) is 3.79. The molecule has 3 rings (SSSR count). The van der Waals surface area contributed by atoms with Crippen LogP contribution < -0.4 is 20.5 Å². The number of nitrogens with zero attached hydrogens (tertiary/aromatic N) is 1. The van der Waals surface area contributed by atoms with Gasteiger partial charge in [0.25, 0.3) is 0 Å². The molecule has 0 saturated carbocycles. The van der Waals surface area contributed by atoms with Gasteiger partial charge in [-0.1, -0.05) is 0 Å². The lowest BCUT2D eigenvalue weighted by atomic mass is 10.0. The maximum atomic E-state index is 5.96. The van der Waals surface area contributed by atoms with Crippen molar-refractivity contribution < 1.29 is 14.2 Å². The maximum Gasteiger partial charge on any atom is 0.193 e. The fourth-order valence-electron chi connectivity index (χ4n) is 2.61. The van der Waals surface area contributed by atoms with Crippen LogP contribution in [0.5, 0.6) is 11.5 Å². The molecule has 120 valence electrons. The molecule has 1 saturated heterocycles. The number of nitrogens with two attached hydrogens (primary N) is 1. The summed E-state index contributed by atoms with van der Waals surface area (Å²) in [6.07, 6.45) is 3.15. The van der Waals surface area contributed by atoms with Crippen molar-refractivity contribution in [3.8, 4) is 11.5 Å². The predicted molar refractivity (Wildman–Crippen MR) is 85.7 cm³/mol. The van der Waals surface area contributed by atoms with Gasteiger partial charge in [-0.15, -0.1) is 0 Å². The summed E-state index contributed by atoms with van der Waals surface area (Å²) in [6, 6.07) is 5.71. The monoisotopic (exact) mass is 305 g/mol. The average molecular weight is 305 g/mol. The number of hydrogen-bond donors (Lipinski definition) is 2. The van der Waals surface area contributed by atoms with Crippen molar-refractivity contribution in [2.45, 2.75) is 19.3 Å². The van der Waals surface area contributed by atoms with Crippen molar-refractivity contribution in [2.75, 3.05) is 38.3 Å². The largest absolute Gasteiger partial charge is 0.490 e. The molecule has 6 heteroatoms. The number of hydrogen-bond acceptors (Lipinski definition) is 4. The molecule has 6 nitrogen and oxygen atoms in total. The lowest BCUT2D eigenvalue weighted by Crippen LogP contribution is -2.26. The molecule has 1 unspecified atom stereocenters. The molecule has 2 aliphatic heterocycles. The first-order valence-electron chi connectivity index (χ1n) is 7.85. The summed E-state index contributed by atoms with van der Waals surface area (Å²) in [5, 5.41) is 3.10. The maximum absolute atomic E-state index is 5.96. The molecular formula is C16H23N3O3. The predicted octanol–water partition coefficient (Wildman–Crippen LogP) is 2.00. The molecule has 0 radical (unpaired) electrons. The Morgan fingerprint density at radius 2 is 2.05 bits per heavy atom. The number of benzene rings is 1. The number of guanidine groups is 1. The van der Waals surface area contributed by atoms with Gasteiger partial charge in [0.15, 0.2) is 17.5 Å². The Kier molecular flexibility index (Phi) is 5.00. The van der Waals surface area contributed by atoms with E-state index < -0.39 is 0 Å². The SMILES string of the molecule is NC(=NCC1CCCOC1)Nc1ccc2c(c1)OCCCO2. The van der Waals surface area contributed by atoms with Gasteiger partial charge >= 0.3 is 0 Å². The summed E-state index contributed by atoms with van der Waals surface area (Å²) in [5.41, 5.74) is 6.81. The van der Waals surface area contributed by atoms with Gasteiger partial charge in [-0.05, 0) is 25.0 Å². The number of rotatable bonds is 3. The average Bonchev–Trinajstić information content (AvgIpc) is 2.79. The van der Waals surface area contributed by atoms with Gasteiger partial charge in [-0.3, -0.25) is 4.99 Å². The fourth-order valence-corrected chi connectivity index (χ4v) is 2.61. The molecule has 3 N–H and O–H groups in total. The Labute approximate surface area is 130 Å². The van der Waals surface area contributed by atoms with Crippen molar-refractivity contribution in [1.82, 2.24) is 0 Å². The first kappa shape index (κ1) is 15.0. The minimum absolute atomic E-state index is 0.417. The second-order valence-electron chi connectivity index (χ2n) is 5.65. The lowest BCUT2D eigenvalue weighted by Gasteiger charge is -2.20. The second kappa shape index (κ2) is 7.35. The van der Waals surface area contributed by atoms with Gasteiger partial charge in [0.1, 0.15) is 0 Å². The molecule has 0 amide bonds. The zero-order valence-corrected chi connectivity index (χ0v) is 12.7. The van der Waals surface area contributed by atoms with Crippen molar-refractivity contribution in [1.29, 1.82) is 0 Å². The van der Waals surface area contributed by atoms with Gasteiger partial charge in [-0.2, -0.15) is 0 Å². The summed E-state index contributed by atoms with van der Waals surface area (Å²) in [7, 11) is 0. The van der Waals surface area contributed by atoms with Crippen LogP contribution in [0.25, 0.3) is 0 Å². The van der Waals surface area contributed by atoms with Crippen molar-refractivity contribution in [3.05, 3.63) is 18.2 Å². The summed E-state index contributed by atoms with van der Waals surface area (Å²) < 4.78 is 16.7. The molecule has 0 spiro atoms. The van der Waals surface area contributed by atoms with Crippen LogP contribution in [-0.4, -0.2) is 38.9 Å². The Balaban J connectivity index is 1.58. The van der Waals surface area contributed by atoms with Crippen molar-refractivity contribution in [2.24, 2.45) is 16.6 Å². The standard InChI is InChI=1S/C16H23N3O3/c17-16(18-10-12-3-1-6-20-11-12)19-13-4-5-14-15(9-13)22-8-2-7-21-14/h4-5,9,12H,1-3,6-8,10-11H2,(H3,17,18,19). The van der Waals surface area contributed by atoms with E-state index >= 15 is 0 Å². The Bertz CT molecular complexity index is 527. The molecule has 1 fully saturated rings. The molecule has 0 bridgehead atoms. The van der Waals surface area contributed by atoms with E-state index in [2.05, 4.69) is 10.3 Å². The van der Waals surface area contributed by atoms with E-state index in [9.17, 15) is 0 Å². The van der Waals surface area contributed by atoms with Crippen LogP contribution in [0.3, 0.4) is 0 Å². The summed E-state index contributed by atoms with van der Waals surface area (Å²) in [5.74, 6) is 2.41. The first-order valence-corrected chi connectivity index (χ1v) is 7.85. The molecule has 1 atom stereocenters. The van der Waals surface area contributed by atoms with Gasteiger partial charge in [0, 0.05) is 37.2 Å². The van der Waals surface area contributed by atoms with Crippen LogP contribution in [0.1, 0.15) is 19.3 Å². The minimum atomic E-state index is 0.417. The third-order valence-electron chi connectivity index (χ3n) is 3.79. The van der Waals surface area contributed by atoms with Crippen molar-refractivity contribution in [3.63, 3.8) is 0 Å². The van der Waals surface area contributed by atoms with E-state index in [-0.39, 0.29) is 0 Å². The molecular weight excluding hydrogens is 282 g/mol. The Hall–Kier alpha value is -1.95. The number of aliphatic imine (C=N–C) groups is 1. The summed E-state index contributed by atoms with van der Waals surface area (Å²) >= 11 is 0. The van der Waals surface area contributed by atoms with Crippen LogP contribution in [-0.2, 0) is 4.74 Å². The van der Waals surface area contributed by atoms with Crippen LogP contribution in [0.4, 0.5) is 5.69 Å². The van der Waals surface area contributed by atoms with Gasteiger partial charge in [0.2, 0.25) is 0 Å².